The van der Waals surface area contributed by atoms with Crippen molar-refractivity contribution < 1.29 is 17.6 Å². The molecule has 0 atom stereocenters. The first-order valence-corrected chi connectivity index (χ1v) is 9.96. The number of nitrogens with zero attached hydrogens (tertiary/aromatic N) is 3. The molecule has 1 N–H and O–H groups in total. The lowest BCUT2D eigenvalue weighted by molar-refractivity contribution is -0.137. The first kappa shape index (κ1) is 21.8. The van der Waals surface area contributed by atoms with Crippen molar-refractivity contribution in [1.82, 2.24) is 14.8 Å². The van der Waals surface area contributed by atoms with Crippen LogP contribution in [0.3, 0.4) is 0 Å². The van der Waals surface area contributed by atoms with Crippen LogP contribution in [0.25, 0.3) is 22.8 Å². The second-order valence-corrected chi connectivity index (χ2v) is 7.51. The van der Waals surface area contributed by atoms with Crippen molar-refractivity contribution in [3.63, 3.8) is 0 Å². The Morgan fingerprint density at radius 1 is 0.969 bits per heavy atom. The molecule has 1 aromatic heterocycles. The molecule has 0 amide bonds. The maximum atomic E-state index is 14.2. The standard InChI is InChI=1S/C23H17ClF4N4/c1-32-22(30-21(31-32)20-18(24)3-2-4-19(20)25)15-7-11-17(12-8-15)29-13-14-5-9-16(10-6-14)23(26,27)28/h2-12,29H,13H2,1H3. The number of anilines is 1. The van der Waals surface area contributed by atoms with Crippen molar-refractivity contribution in [2.24, 2.45) is 7.05 Å². The Morgan fingerprint density at radius 3 is 2.28 bits per heavy atom. The molecule has 0 saturated heterocycles. The van der Waals surface area contributed by atoms with Crippen LogP contribution in [0.1, 0.15) is 11.1 Å². The Balaban J connectivity index is 1.48. The fourth-order valence-corrected chi connectivity index (χ4v) is 3.45. The van der Waals surface area contributed by atoms with Gasteiger partial charge >= 0.3 is 6.18 Å². The smallest absolute Gasteiger partial charge is 0.381 e. The van der Waals surface area contributed by atoms with E-state index in [-0.39, 0.29) is 16.4 Å². The monoisotopic (exact) mass is 460 g/mol. The topological polar surface area (TPSA) is 42.7 Å². The molecule has 9 heteroatoms. The normalized spacial score (nSPS) is 11.6. The molecule has 0 aliphatic rings. The quantitative estimate of drug-likeness (QED) is 0.342. The molecular weight excluding hydrogens is 444 g/mol. The summed E-state index contributed by atoms with van der Waals surface area (Å²) in [7, 11) is 1.71. The van der Waals surface area contributed by atoms with Crippen LogP contribution in [-0.4, -0.2) is 14.8 Å². The molecule has 0 aliphatic carbocycles. The summed E-state index contributed by atoms with van der Waals surface area (Å²) in [5.41, 5.74) is 1.74. The van der Waals surface area contributed by atoms with Crippen LogP contribution >= 0.6 is 11.6 Å². The largest absolute Gasteiger partial charge is 0.416 e. The van der Waals surface area contributed by atoms with E-state index in [4.69, 9.17) is 11.6 Å². The van der Waals surface area contributed by atoms with E-state index in [1.54, 1.807) is 17.8 Å². The molecule has 3 aromatic carbocycles. The molecule has 0 saturated carbocycles. The van der Waals surface area contributed by atoms with Gasteiger partial charge in [0.05, 0.1) is 16.1 Å². The van der Waals surface area contributed by atoms with E-state index in [9.17, 15) is 17.6 Å². The van der Waals surface area contributed by atoms with Gasteiger partial charge in [-0.15, -0.1) is 0 Å². The predicted molar refractivity (Wildman–Crippen MR) is 116 cm³/mol. The summed E-state index contributed by atoms with van der Waals surface area (Å²) in [6.07, 6.45) is -4.35. The zero-order valence-electron chi connectivity index (χ0n) is 16.8. The highest BCUT2D eigenvalue weighted by molar-refractivity contribution is 6.33. The minimum Gasteiger partial charge on any atom is -0.381 e. The molecule has 0 spiro atoms. The van der Waals surface area contributed by atoms with E-state index < -0.39 is 17.6 Å². The molecule has 0 radical (unpaired) electrons. The highest BCUT2D eigenvalue weighted by atomic mass is 35.5. The van der Waals surface area contributed by atoms with Crippen LogP contribution in [0.4, 0.5) is 23.2 Å². The number of hydrogen-bond acceptors (Lipinski definition) is 3. The predicted octanol–water partition coefficient (Wildman–Crippen LogP) is 6.57. The summed E-state index contributed by atoms with van der Waals surface area (Å²) in [5.74, 6) is 0.223. The summed E-state index contributed by atoms with van der Waals surface area (Å²) in [6, 6.07) is 16.7. The first-order valence-electron chi connectivity index (χ1n) is 9.58. The molecule has 4 rings (SSSR count). The number of alkyl halides is 3. The third-order valence-electron chi connectivity index (χ3n) is 4.87. The Kier molecular flexibility index (Phi) is 5.88. The molecule has 0 fully saturated rings. The summed E-state index contributed by atoms with van der Waals surface area (Å²) >= 11 is 6.12. The lowest BCUT2D eigenvalue weighted by Gasteiger charge is -2.10. The number of benzene rings is 3. The second-order valence-electron chi connectivity index (χ2n) is 7.10. The first-order chi connectivity index (χ1) is 15.2. The van der Waals surface area contributed by atoms with Crippen molar-refractivity contribution in [2.75, 3.05) is 5.32 Å². The molecule has 32 heavy (non-hydrogen) atoms. The fraction of sp³-hybridized carbons (Fsp3) is 0.130. The van der Waals surface area contributed by atoms with Crippen LogP contribution in [0, 0.1) is 5.82 Å². The summed E-state index contributed by atoms with van der Waals surface area (Å²) in [5, 5.41) is 7.68. The molecule has 4 nitrogen and oxygen atoms in total. The van der Waals surface area contributed by atoms with Crippen LogP contribution in [-0.2, 0) is 19.8 Å². The number of aryl methyl sites for hydroxylation is 1. The van der Waals surface area contributed by atoms with Crippen LogP contribution in [0.5, 0.6) is 0 Å². The third kappa shape index (κ3) is 4.60. The van der Waals surface area contributed by atoms with E-state index in [0.717, 1.165) is 28.9 Å². The molecule has 4 aromatic rings. The zero-order valence-corrected chi connectivity index (χ0v) is 17.5. The van der Waals surface area contributed by atoms with Gasteiger partial charge in [0, 0.05) is 24.8 Å². The van der Waals surface area contributed by atoms with Gasteiger partial charge in [0.15, 0.2) is 11.6 Å². The van der Waals surface area contributed by atoms with Gasteiger partial charge in [0.25, 0.3) is 0 Å². The van der Waals surface area contributed by atoms with Gasteiger partial charge in [-0.3, -0.25) is 0 Å². The maximum Gasteiger partial charge on any atom is 0.416 e. The van der Waals surface area contributed by atoms with E-state index in [1.807, 2.05) is 24.3 Å². The number of halogens is 5. The number of rotatable bonds is 5. The molecule has 164 valence electrons. The fourth-order valence-electron chi connectivity index (χ4n) is 3.21. The van der Waals surface area contributed by atoms with E-state index in [0.29, 0.717) is 12.4 Å². The zero-order chi connectivity index (χ0) is 22.9. The maximum absolute atomic E-state index is 14.2. The summed E-state index contributed by atoms with van der Waals surface area (Å²) in [4.78, 5) is 4.44. The Hall–Kier alpha value is -3.39. The Morgan fingerprint density at radius 2 is 1.66 bits per heavy atom. The SMILES string of the molecule is Cn1nc(-c2c(F)cccc2Cl)nc1-c1ccc(NCc2ccc(C(F)(F)F)cc2)cc1. The van der Waals surface area contributed by atoms with Crippen LogP contribution < -0.4 is 5.32 Å². The van der Waals surface area contributed by atoms with Crippen LogP contribution in [0.2, 0.25) is 5.02 Å². The molecular formula is C23H17ClF4N4. The highest BCUT2D eigenvalue weighted by Gasteiger charge is 2.29. The van der Waals surface area contributed by atoms with Gasteiger partial charge < -0.3 is 5.32 Å². The Labute approximate surface area is 186 Å². The van der Waals surface area contributed by atoms with Crippen molar-refractivity contribution in [2.45, 2.75) is 12.7 Å². The molecule has 0 unspecified atom stereocenters. The number of aromatic nitrogens is 3. The highest BCUT2D eigenvalue weighted by Crippen LogP contribution is 2.31. The average Bonchev–Trinajstić information content (AvgIpc) is 3.13. The number of nitrogens with one attached hydrogen (secondary N) is 1. The van der Waals surface area contributed by atoms with E-state index in [2.05, 4.69) is 15.4 Å². The summed E-state index contributed by atoms with van der Waals surface area (Å²) < 4.78 is 53.7. The van der Waals surface area contributed by atoms with Crippen molar-refractivity contribution in [3.05, 3.63) is 88.7 Å². The van der Waals surface area contributed by atoms with Crippen molar-refractivity contribution >= 4 is 17.3 Å². The minimum atomic E-state index is -4.35. The van der Waals surface area contributed by atoms with E-state index in [1.165, 1.54) is 24.3 Å². The van der Waals surface area contributed by atoms with Crippen molar-refractivity contribution in [1.29, 1.82) is 0 Å². The van der Waals surface area contributed by atoms with Gasteiger partial charge in [-0.25, -0.2) is 14.1 Å². The second kappa shape index (κ2) is 8.63. The van der Waals surface area contributed by atoms with Gasteiger partial charge in [-0.1, -0.05) is 29.8 Å². The van der Waals surface area contributed by atoms with Crippen molar-refractivity contribution in [3.8, 4) is 22.8 Å². The lowest BCUT2D eigenvalue weighted by atomic mass is 10.1. The Bertz CT molecular complexity index is 1210. The van der Waals surface area contributed by atoms with Crippen LogP contribution in [0.15, 0.2) is 66.7 Å². The molecule has 0 bridgehead atoms. The summed E-state index contributed by atoms with van der Waals surface area (Å²) in [6.45, 7) is 0.372. The third-order valence-corrected chi connectivity index (χ3v) is 5.19. The number of hydrogen-bond donors (Lipinski definition) is 1. The van der Waals surface area contributed by atoms with Gasteiger partial charge in [-0.05, 0) is 54.1 Å². The van der Waals surface area contributed by atoms with Gasteiger partial charge in [0.1, 0.15) is 5.82 Å². The molecule has 0 aliphatic heterocycles. The molecule has 1 heterocycles. The lowest BCUT2D eigenvalue weighted by Crippen LogP contribution is -2.05. The van der Waals surface area contributed by atoms with Gasteiger partial charge in [-0.2, -0.15) is 18.3 Å². The average molecular weight is 461 g/mol. The van der Waals surface area contributed by atoms with E-state index >= 15 is 0 Å². The van der Waals surface area contributed by atoms with Gasteiger partial charge in [0.2, 0.25) is 0 Å². The minimum absolute atomic E-state index is 0.144.